The highest BCUT2D eigenvalue weighted by molar-refractivity contribution is 6.18. The summed E-state index contributed by atoms with van der Waals surface area (Å²) in [4.78, 5) is 25.9. The molecule has 5 nitrogen and oxygen atoms in total. The lowest BCUT2D eigenvalue weighted by Gasteiger charge is -2.48. The molecular weight excluding hydrogens is 242 g/mol. The van der Waals surface area contributed by atoms with Crippen molar-refractivity contribution >= 4 is 23.3 Å². The second-order valence-electron chi connectivity index (χ2n) is 5.91. The lowest BCUT2D eigenvalue weighted by Crippen LogP contribution is -2.69. The van der Waals surface area contributed by atoms with E-state index in [1.807, 2.05) is 27.7 Å². The largest absolute Gasteiger partial charge is 0.399 e. The smallest absolute Gasteiger partial charge is 0.329 e. The number of nitrogen functional groups attached to an aromatic ring is 1. The van der Waals surface area contributed by atoms with Crippen LogP contribution >= 0.6 is 0 Å². The summed E-state index contributed by atoms with van der Waals surface area (Å²) >= 11 is 0. The van der Waals surface area contributed by atoms with Gasteiger partial charge in [-0.3, -0.25) is 4.79 Å². The van der Waals surface area contributed by atoms with Gasteiger partial charge < -0.3 is 11.1 Å². The van der Waals surface area contributed by atoms with Gasteiger partial charge in [0.25, 0.3) is 0 Å². The molecule has 1 heterocycles. The van der Waals surface area contributed by atoms with E-state index >= 15 is 0 Å². The van der Waals surface area contributed by atoms with Crippen LogP contribution in [0.15, 0.2) is 24.3 Å². The molecule has 0 unspecified atom stereocenters. The number of amides is 3. The standard InChI is InChI=1S/C14H19N3O2/c1-13(2)11(18)17(12(19)16-14(13,3)4)10-7-5-9(15)6-8-10/h5-8H,15H2,1-4H3,(H,16,19). The third-order valence-electron chi connectivity index (χ3n) is 4.07. The number of nitrogens with two attached hydrogens (primary N) is 1. The third kappa shape index (κ3) is 1.95. The molecular formula is C14H19N3O2. The van der Waals surface area contributed by atoms with Crippen molar-refractivity contribution in [1.29, 1.82) is 0 Å². The number of benzene rings is 1. The van der Waals surface area contributed by atoms with Gasteiger partial charge in [-0.2, -0.15) is 0 Å². The van der Waals surface area contributed by atoms with Gasteiger partial charge in [-0.05, 0) is 52.0 Å². The van der Waals surface area contributed by atoms with Crippen molar-refractivity contribution < 1.29 is 9.59 Å². The number of rotatable bonds is 1. The number of nitrogens with one attached hydrogen (secondary N) is 1. The Morgan fingerprint density at radius 2 is 1.58 bits per heavy atom. The number of anilines is 2. The van der Waals surface area contributed by atoms with Crippen LogP contribution in [0.3, 0.4) is 0 Å². The van der Waals surface area contributed by atoms with Gasteiger partial charge in [0.15, 0.2) is 0 Å². The maximum Gasteiger partial charge on any atom is 0.329 e. The molecule has 2 rings (SSSR count). The van der Waals surface area contributed by atoms with E-state index in [9.17, 15) is 9.59 Å². The molecule has 3 amide bonds. The van der Waals surface area contributed by atoms with Gasteiger partial charge in [0.1, 0.15) is 0 Å². The first kappa shape index (κ1) is 13.4. The fourth-order valence-corrected chi connectivity index (χ4v) is 1.98. The van der Waals surface area contributed by atoms with Crippen LogP contribution in [0, 0.1) is 5.41 Å². The van der Waals surface area contributed by atoms with Gasteiger partial charge >= 0.3 is 6.03 Å². The van der Waals surface area contributed by atoms with Crippen LogP contribution in [0.25, 0.3) is 0 Å². The lowest BCUT2D eigenvalue weighted by atomic mass is 9.72. The Hall–Kier alpha value is -2.04. The molecule has 0 radical (unpaired) electrons. The molecule has 1 saturated heterocycles. The Balaban J connectivity index is 2.45. The van der Waals surface area contributed by atoms with Crippen LogP contribution in [0.4, 0.5) is 16.2 Å². The first-order valence-electron chi connectivity index (χ1n) is 6.19. The quantitative estimate of drug-likeness (QED) is 0.760. The van der Waals surface area contributed by atoms with Gasteiger partial charge in [-0.15, -0.1) is 0 Å². The predicted molar refractivity (Wildman–Crippen MR) is 74.7 cm³/mol. The highest BCUT2D eigenvalue weighted by Gasteiger charge is 2.52. The number of nitrogens with zero attached hydrogens (tertiary/aromatic N) is 1. The van der Waals surface area contributed by atoms with Crippen LogP contribution in [0.5, 0.6) is 0 Å². The van der Waals surface area contributed by atoms with E-state index in [-0.39, 0.29) is 5.91 Å². The summed E-state index contributed by atoms with van der Waals surface area (Å²) in [5.74, 6) is -0.217. The van der Waals surface area contributed by atoms with Crippen molar-refractivity contribution in [3.8, 4) is 0 Å². The Bertz CT molecular complexity index is 532. The summed E-state index contributed by atoms with van der Waals surface area (Å²) in [6.07, 6.45) is 0. The Morgan fingerprint density at radius 1 is 1.05 bits per heavy atom. The maximum absolute atomic E-state index is 12.6. The monoisotopic (exact) mass is 261 g/mol. The number of urea groups is 1. The number of carbonyl (C=O) groups is 2. The van der Waals surface area contributed by atoms with E-state index in [0.29, 0.717) is 11.4 Å². The minimum Gasteiger partial charge on any atom is -0.399 e. The van der Waals surface area contributed by atoms with Crippen LogP contribution in [-0.2, 0) is 4.79 Å². The van der Waals surface area contributed by atoms with Crippen LogP contribution in [-0.4, -0.2) is 17.5 Å². The van der Waals surface area contributed by atoms with Gasteiger partial charge in [-0.25, -0.2) is 9.69 Å². The van der Waals surface area contributed by atoms with Crippen LogP contribution < -0.4 is 16.0 Å². The van der Waals surface area contributed by atoms with Crippen molar-refractivity contribution in [2.75, 3.05) is 10.6 Å². The van der Waals surface area contributed by atoms with Gasteiger partial charge in [0, 0.05) is 5.69 Å². The second kappa shape index (κ2) is 3.98. The summed E-state index contributed by atoms with van der Waals surface area (Å²) < 4.78 is 0. The molecule has 1 aromatic rings. The first-order valence-corrected chi connectivity index (χ1v) is 6.19. The van der Waals surface area contributed by atoms with Crippen molar-refractivity contribution in [3.63, 3.8) is 0 Å². The fourth-order valence-electron chi connectivity index (χ4n) is 1.98. The molecule has 5 heteroatoms. The summed E-state index contributed by atoms with van der Waals surface area (Å²) in [6.45, 7) is 7.37. The number of hydrogen-bond donors (Lipinski definition) is 2. The maximum atomic E-state index is 12.6. The van der Waals surface area contributed by atoms with Crippen molar-refractivity contribution in [2.45, 2.75) is 33.2 Å². The summed E-state index contributed by atoms with van der Waals surface area (Å²) in [6, 6.07) is 6.27. The molecule has 1 aliphatic rings. The van der Waals surface area contributed by atoms with E-state index in [0.717, 1.165) is 0 Å². The summed E-state index contributed by atoms with van der Waals surface area (Å²) in [7, 11) is 0. The fraction of sp³-hybridized carbons (Fsp3) is 0.429. The van der Waals surface area contributed by atoms with Gasteiger partial charge in [-0.1, -0.05) is 0 Å². The van der Waals surface area contributed by atoms with Crippen LogP contribution in [0.1, 0.15) is 27.7 Å². The molecule has 1 aliphatic heterocycles. The topological polar surface area (TPSA) is 75.4 Å². The Morgan fingerprint density at radius 3 is 2.11 bits per heavy atom. The molecule has 0 aromatic heterocycles. The SMILES string of the molecule is CC1(C)NC(=O)N(c2ccc(N)cc2)C(=O)C1(C)C. The Labute approximate surface area is 112 Å². The minimum atomic E-state index is -0.692. The lowest BCUT2D eigenvalue weighted by molar-refractivity contribution is -0.130. The number of hydrogen-bond acceptors (Lipinski definition) is 3. The summed E-state index contributed by atoms with van der Waals surface area (Å²) in [5.41, 5.74) is 5.45. The number of carbonyl (C=O) groups excluding carboxylic acids is 2. The van der Waals surface area contributed by atoms with Gasteiger partial charge in [0.05, 0.1) is 16.6 Å². The highest BCUT2D eigenvalue weighted by atomic mass is 16.2. The molecule has 0 atom stereocenters. The number of imide groups is 1. The third-order valence-corrected chi connectivity index (χ3v) is 4.07. The van der Waals surface area contributed by atoms with Crippen LogP contribution in [0.2, 0.25) is 0 Å². The zero-order valence-corrected chi connectivity index (χ0v) is 11.7. The molecule has 0 bridgehead atoms. The predicted octanol–water partition coefficient (Wildman–Crippen LogP) is 2.13. The van der Waals surface area contributed by atoms with E-state index in [2.05, 4.69) is 5.32 Å². The molecule has 19 heavy (non-hydrogen) atoms. The molecule has 1 fully saturated rings. The normalized spacial score (nSPS) is 21.2. The molecule has 102 valence electrons. The van der Waals surface area contributed by atoms with E-state index in [4.69, 9.17) is 5.73 Å². The molecule has 0 spiro atoms. The van der Waals surface area contributed by atoms with Gasteiger partial charge in [0.2, 0.25) is 5.91 Å². The zero-order chi connectivity index (χ0) is 14.4. The second-order valence-corrected chi connectivity index (χ2v) is 5.91. The summed E-state index contributed by atoms with van der Waals surface area (Å²) in [5, 5.41) is 2.87. The average Bonchev–Trinajstić information content (AvgIpc) is 2.29. The zero-order valence-electron chi connectivity index (χ0n) is 11.7. The highest BCUT2D eigenvalue weighted by Crippen LogP contribution is 2.37. The molecule has 0 aliphatic carbocycles. The van der Waals surface area contributed by atoms with E-state index < -0.39 is 17.0 Å². The first-order chi connectivity index (χ1) is 8.67. The average molecular weight is 261 g/mol. The molecule has 0 saturated carbocycles. The molecule has 3 N–H and O–H groups in total. The van der Waals surface area contributed by atoms with Crippen molar-refractivity contribution in [2.24, 2.45) is 5.41 Å². The van der Waals surface area contributed by atoms with Crippen molar-refractivity contribution in [1.82, 2.24) is 5.32 Å². The molecule has 1 aromatic carbocycles. The van der Waals surface area contributed by atoms with E-state index in [1.54, 1.807) is 24.3 Å². The minimum absolute atomic E-state index is 0.217. The van der Waals surface area contributed by atoms with Crippen molar-refractivity contribution in [3.05, 3.63) is 24.3 Å². The Kier molecular flexibility index (Phi) is 2.81. The van der Waals surface area contributed by atoms with E-state index in [1.165, 1.54) is 4.90 Å².